The van der Waals surface area contributed by atoms with E-state index >= 15 is 0 Å². The third-order valence-electron chi connectivity index (χ3n) is 1.78. The van der Waals surface area contributed by atoms with E-state index < -0.39 is 0 Å². The van der Waals surface area contributed by atoms with E-state index in [1.165, 1.54) is 0 Å². The van der Waals surface area contributed by atoms with E-state index in [0.29, 0.717) is 12.1 Å². The zero-order valence-corrected chi connectivity index (χ0v) is 8.16. The summed E-state index contributed by atoms with van der Waals surface area (Å²) in [5, 5.41) is 8.36. The van der Waals surface area contributed by atoms with Crippen LogP contribution >= 0.6 is 0 Å². The Balaban J connectivity index is 2.81. The number of carbonyl (C=O) groups excluding carboxylic acids is 1. The van der Waals surface area contributed by atoms with Gasteiger partial charge in [0.15, 0.2) is 5.78 Å². The Labute approximate surface area is 88.5 Å². The van der Waals surface area contributed by atoms with Crippen molar-refractivity contribution in [3.63, 3.8) is 0 Å². The standard InChI is InChI=1S/C12H10N2O/c13-8-1-2-10-3-5-11(6-4-10)12(15)7-9-14/h3-6H,7-8,13H2. The van der Waals surface area contributed by atoms with E-state index in [4.69, 9.17) is 11.0 Å². The maximum Gasteiger partial charge on any atom is 0.176 e. The SMILES string of the molecule is N#CCC(=O)c1ccc(C#CCN)cc1. The van der Waals surface area contributed by atoms with Gasteiger partial charge < -0.3 is 5.73 Å². The van der Waals surface area contributed by atoms with Gasteiger partial charge in [0.2, 0.25) is 0 Å². The number of ketones is 1. The lowest BCUT2D eigenvalue weighted by molar-refractivity contribution is 0.0998. The molecule has 0 saturated carbocycles. The number of hydrogen-bond acceptors (Lipinski definition) is 3. The first-order valence-electron chi connectivity index (χ1n) is 4.47. The van der Waals surface area contributed by atoms with Crippen molar-refractivity contribution in [1.29, 1.82) is 5.26 Å². The largest absolute Gasteiger partial charge is 0.320 e. The van der Waals surface area contributed by atoms with Gasteiger partial charge in [0.25, 0.3) is 0 Å². The van der Waals surface area contributed by atoms with Gasteiger partial charge in [0.1, 0.15) is 0 Å². The zero-order valence-electron chi connectivity index (χ0n) is 8.16. The number of carbonyl (C=O) groups is 1. The predicted octanol–water partition coefficient (Wildman–Crippen LogP) is 1.09. The van der Waals surface area contributed by atoms with Crippen molar-refractivity contribution in [3.05, 3.63) is 35.4 Å². The summed E-state index contributed by atoms with van der Waals surface area (Å²) < 4.78 is 0. The summed E-state index contributed by atoms with van der Waals surface area (Å²) in [4.78, 5) is 11.3. The molecule has 0 fully saturated rings. The van der Waals surface area contributed by atoms with E-state index in [-0.39, 0.29) is 12.2 Å². The molecule has 1 rings (SSSR count). The average molecular weight is 198 g/mol. The molecule has 15 heavy (non-hydrogen) atoms. The number of nitriles is 1. The Bertz CT molecular complexity index is 443. The van der Waals surface area contributed by atoms with Crippen molar-refractivity contribution in [2.24, 2.45) is 5.73 Å². The molecule has 0 aliphatic carbocycles. The fourth-order valence-corrected chi connectivity index (χ4v) is 1.07. The number of hydrogen-bond donors (Lipinski definition) is 1. The van der Waals surface area contributed by atoms with Gasteiger partial charge >= 0.3 is 0 Å². The molecule has 0 atom stereocenters. The van der Waals surface area contributed by atoms with Crippen molar-refractivity contribution in [2.45, 2.75) is 6.42 Å². The molecule has 3 heteroatoms. The maximum absolute atomic E-state index is 11.3. The van der Waals surface area contributed by atoms with E-state index in [1.807, 2.05) is 6.07 Å². The Morgan fingerprint density at radius 3 is 2.53 bits per heavy atom. The molecule has 0 bridgehead atoms. The minimum absolute atomic E-state index is 0.0895. The van der Waals surface area contributed by atoms with E-state index in [9.17, 15) is 4.79 Å². The first-order chi connectivity index (χ1) is 7.27. The lowest BCUT2D eigenvalue weighted by Crippen LogP contribution is -1.97. The van der Waals surface area contributed by atoms with Crippen LogP contribution in [0.5, 0.6) is 0 Å². The van der Waals surface area contributed by atoms with Gasteiger partial charge in [0, 0.05) is 11.1 Å². The van der Waals surface area contributed by atoms with Gasteiger partial charge in [-0.05, 0) is 12.1 Å². The summed E-state index contributed by atoms with van der Waals surface area (Å²) in [5.74, 6) is 5.40. The minimum atomic E-state index is -0.171. The quantitative estimate of drug-likeness (QED) is 0.571. The Morgan fingerprint density at radius 1 is 1.33 bits per heavy atom. The molecule has 0 spiro atoms. The Morgan fingerprint density at radius 2 is 2.00 bits per heavy atom. The van der Waals surface area contributed by atoms with Gasteiger partial charge in [0.05, 0.1) is 19.0 Å². The highest BCUT2D eigenvalue weighted by Gasteiger charge is 2.03. The Kier molecular flexibility index (Phi) is 4.09. The van der Waals surface area contributed by atoms with Crippen LogP contribution in [0.2, 0.25) is 0 Å². The normalized spacial score (nSPS) is 8.53. The number of nitrogens with two attached hydrogens (primary N) is 1. The predicted molar refractivity (Wildman–Crippen MR) is 56.9 cm³/mol. The summed E-state index contributed by atoms with van der Waals surface area (Å²) in [6, 6.07) is 8.64. The second-order valence-corrected chi connectivity index (χ2v) is 2.84. The molecule has 2 N–H and O–H groups in total. The van der Waals surface area contributed by atoms with Crippen LogP contribution in [-0.2, 0) is 0 Å². The van der Waals surface area contributed by atoms with Crippen LogP contribution in [0, 0.1) is 23.2 Å². The monoisotopic (exact) mass is 198 g/mol. The number of rotatable bonds is 2. The molecule has 0 saturated heterocycles. The summed E-state index contributed by atoms with van der Waals surface area (Å²) in [5.41, 5.74) is 6.58. The van der Waals surface area contributed by atoms with Gasteiger partial charge in [-0.1, -0.05) is 24.0 Å². The van der Waals surface area contributed by atoms with Crippen LogP contribution in [0.15, 0.2) is 24.3 Å². The fraction of sp³-hybridized carbons (Fsp3) is 0.167. The molecule has 0 unspecified atom stereocenters. The fourth-order valence-electron chi connectivity index (χ4n) is 1.07. The average Bonchev–Trinajstić information content (AvgIpc) is 2.27. The molecule has 1 aromatic carbocycles. The second kappa shape index (κ2) is 5.59. The second-order valence-electron chi connectivity index (χ2n) is 2.84. The van der Waals surface area contributed by atoms with Gasteiger partial charge in [-0.25, -0.2) is 0 Å². The van der Waals surface area contributed by atoms with E-state index in [1.54, 1.807) is 24.3 Å². The minimum Gasteiger partial charge on any atom is -0.320 e. The molecule has 0 amide bonds. The van der Waals surface area contributed by atoms with Crippen LogP contribution in [0.4, 0.5) is 0 Å². The summed E-state index contributed by atoms with van der Waals surface area (Å²) in [6.07, 6.45) is -0.0895. The van der Waals surface area contributed by atoms with Gasteiger partial charge in [-0.2, -0.15) is 5.26 Å². The highest BCUT2D eigenvalue weighted by Crippen LogP contribution is 2.05. The van der Waals surface area contributed by atoms with Crippen molar-refractivity contribution < 1.29 is 4.79 Å². The highest BCUT2D eigenvalue weighted by molar-refractivity contribution is 5.97. The zero-order chi connectivity index (χ0) is 11.1. The third-order valence-corrected chi connectivity index (χ3v) is 1.78. The molecule has 74 valence electrons. The summed E-state index contributed by atoms with van der Waals surface area (Å²) >= 11 is 0. The van der Waals surface area contributed by atoms with Crippen LogP contribution in [-0.4, -0.2) is 12.3 Å². The first-order valence-corrected chi connectivity index (χ1v) is 4.47. The molecule has 3 nitrogen and oxygen atoms in total. The van der Waals surface area contributed by atoms with Crippen LogP contribution < -0.4 is 5.73 Å². The molecule has 0 aliphatic rings. The number of Topliss-reactive ketones (excluding diaryl/α,β-unsaturated/α-hetero) is 1. The molecule has 0 heterocycles. The Hall–Kier alpha value is -2.10. The van der Waals surface area contributed by atoms with Crippen molar-refractivity contribution in [2.75, 3.05) is 6.54 Å². The topological polar surface area (TPSA) is 66.9 Å². The summed E-state index contributed by atoms with van der Waals surface area (Å²) in [7, 11) is 0. The number of nitrogens with zero attached hydrogens (tertiary/aromatic N) is 1. The van der Waals surface area contributed by atoms with Crippen LogP contribution in [0.3, 0.4) is 0 Å². The highest BCUT2D eigenvalue weighted by atomic mass is 16.1. The maximum atomic E-state index is 11.3. The van der Waals surface area contributed by atoms with Crippen LogP contribution in [0.25, 0.3) is 0 Å². The van der Waals surface area contributed by atoms with Gasteiger partial charge in [-0.3, -0.25) is 4.79 Å². The van der Waals surface area contributed by atoms with E-state index in [2.05, 4.69) is 11.8 Å². The molecular weight excluding hydrogens is 188 g/mol. The van der Waals surface area contributed by atoms with Crippen LogP contribution in [0.1, 0.15) is 22.3 Å². The third kappa shape index (κ3) is 3.27. The molecule has 0 aromatic heterocycles. The van der Waals surface area contributed by atoms with Gasteiger partial charge in [-0.15, -0.1) is 0 Å². The van der Waals surface area contributed by atoms with E-state index in [0.717, 1.165) is 5.56 Å². The summed E-state index contributed by atoms with van der Waals surface area (Å²) in [6.45, 7) is 0.315. The molecule has 0 radical (unpaired) electrons. The lowest BCUT2D eigenvalue weighted by atomic mass is 10.1. The van der Waals surface area contributed by atoms with Crippen molar-refractivity contribution >= 4 is 5.78 Å². The lowest BCUT2D eigenvalue weighted by Gasteiger charge is -1.96. The number of benzene rings is 1. The molecule has 1 aromatic rings. The molecule has 0 aliphatic heterocycles. The van der Waals surface area contributed by atoms with Crippen molar-refractivity contribution in [1.82, 2.24) is 0 Å². The smallest absolute Gasteiger partial charge is 0.176 e. The first kappa shape index (κ1) is 11.0. The van der Waals surface area contributed by atoms with Crippen molar-refractivity contribution in [3.8, 4) is 17.9 Å². The molecular formula is C12H10N2O.